The fourth-order valence-corrected chi connectivity index (χ4v) is 0.682. The zero-order valence-electron chi connectivity index (χ0n) is 4.35. The second kappa shape index (κ2) is 2.07. The van der Waals surface area contributed by atoms with Crippen molar-refractivity contribution in [1.82, 2.24) is 10.2 Å². The summed E-state index contributed by atoms with van der Waals surface area (Å²) in [5.41, 5.74) is 5.63. The van der Waals surface area contributed by atoms with Gasteiger partial charge in [-0.15, -0.1) is 0 Å². The maximum Gasteiger partial charge on any atom is 0.161 e. The summed E-state index contributed by atoms with van der Waals surface area (Å²) in [5.74, 6) is 0.312. The second-order valence-electron chi connectivity index (χ2n) is 1.41. The third-order valence-corrected chi connectivity index (χ3v) is 1.65. The number of hydrogen-bond donors (Lipinski definition) is 2. The molecular weight excluding hydrogens is 184 g/mol. The minimum atomic E-state index is 0.312. The van der Waals surface area contributed by atoms with E-state index >= 15 is 0 Å². The Kier molecular flexibility index (Phi) is 1.40. The minimum Gasteiger partial charge on any atom is -0.381 e. The number of rotatable bonds is 0. The average molecular weight is 187 g/mol. The summed E-state index contributed by atoms with van der Waals surface area (Å²) in [6, 6.07) is 1.87. The Bertz CT molecular complexity index is 258. The SMILES string of the molecule is N#Cc1[nH]nc(N)c1Br. The summed E-state index contributed by atoms with van der Waals surface area (Å²) < 4.78 is 0.532. The highest BCUT2D eigenvalue weighted by Gasteiger charge is 2.04. The summed E-state index contributed by atoms with van der Waals surface area (Å²) in [7, 11) is 0. The maximum atomic E-state index is 8.32. The molecule has 0 saturated heterocycles. The van der Waals surface area contributed by atoms with Crippen molar-refractivity contribution in [3.05, 3.63) is 10.2 Å². The minimum absolute atomic E-state index is 0.312. The van der Waals surface area contributed by atoms with Crippen LogP contribution in [-0.4, -0.2) is 10.2 Å². The number of hydrogen-bond acceptors (Lipinski definition) is 3. The number of nitriles is 1. The number of aromatic nitrogens is 2. The fourth-order valence-electron chi connectivity index (χ4n) is 0.416. The van der Waals surface area contributed by atoms with Gasteiger partial charge in [-0.05, 0) is 15.9 Å². The van der Waals surface area contributed by atoms with Crippen LogP contribution in [0.25, 0.3) is 0 Å². The van der Waals surface area contributed by atoms with Crippen LogP contribution in [0.1, 0.15) is 5.69 Å². The molecule has 9 heavy (non-hydrogen) atoms. The van der Waals surface area contributed by atoms with Crippen LogP contribution in [0.3, 0.4) is 0 Å². The van der Waals surface area contributed by atoms with E-state index in [1.165, 1.54) is 0 Å². The summed E-state index contributed by atoms with van der Waals surface area (Å²) in [4.78, 5) is 0. The number of halogens is 1. The molecule has 0 amide bonds. The van der Waals surface area contributed by atoms with Gasteiger partial charge in [-0.3, -0.25) is 5.10 Å². The molecule has 1 aromatic rings. The number of H-pyrrole nitrogens is 1. The van der Waals surface area contributed by atoms with Crippen molar-refractivity contribution in [2.45, 2.75) is 0 Å². The molecule has 0 radical (unpaired) electrons. The van der Waals surface area contributed by atoms with Gasteiger partial charge in [0.05, 0.1) is 4.47 Å². The first kappa shape index (κ1) is 6.11. The molecule has 0 aliphatic heterocycles. The van der Waals surface area contributed by atoms with Gasteiger partial charge in [-0.25, -0.2) is 0 Å². The highest BCUT2D eigenvalue weighted by atomic mass is 79.9. The summed E-state index contributed by atoms with van der Waals surface area (Å²) in [6.07, 6.45) is 0. The molecule has 1 rings (SSSR count). The quantitative estimate of drug-likeness (QED) is 0.624. The lowest BCUT2D eigenvalue weighted by Crippen LogP contribution is -1.83. The van der Waals surface area contributed by atoms with E-state index < -0.39 is 0 Å². The van der Waals surface area contributed by atoms with Crippen molar-refractivity contribution in [3.63, 3.8) is 0 Å². The lowest BCUT2D eigenvalue weighted by atomic mass is 10.5. The second-order valence-corrected chi connectivity index (χ2v) is 2.20. The van der Waals surface area contributed by atoms with Crippen LogP contribution < -0.4 is 5.73 Å². The van der Waals surface area contributed by atoms with E-state index in [4.69, 9.17) is 11.0 Å². The number of nitrogens with two attached hydrogens (primary N) is 1. The molecule has 1 aromatic heterocycles. The smallest absolute Gasteiger partial charge is 0.161 e. The standard InChI is InChI=1S/C4H3BrN4/c5-3-2(1-6)8-9-4(3)7/h(H3,7,8,9). The maximum absolute atomic E-state index is 8.32. The van der Waals surface area contributed by atoms with Crippen molar-refractivity contribution < 1.29 is 0 Å². The van der Waals surface area contributed by atoms with Crippen LogP contribution in [-0.2, 0) is 0 Å². The third-order valence-electron chi connectivity index (χ3n) is 0.844. The molecule has 0 aliphatic rings. The summed E-state index contributed by atoms with van der Waals surface area (Å²) >= 11 is 3.07. The Morgan fingerprint density at radius 2 is 2.44 bits per heavy atom. The Labute approximate surface area is 59.8 Å². The highest BCUT2D eigenvalue weighted by molar-refractivity contribution is 9.10. The highest BCUT2D eigenvalue weighted by Crippen LogP contribution is 2.18. The van der Waals surface area contributed by atoms with Gasteiger partial charge in [0.2, 0.25) is 0 Å². The predicted octanol–water partition coefficient (Wildman–Crippen LogP) is 0.626. The van der Waals surface area contributed by atoms with Gasteiger partial charge in [0, 0.05) is 0 Å². The van der Waals surface area contributed by atoms with Gasteiger partial charge in [0.15, 0.2) is 11.5 Å². The van der Waals surface area contributed by atoms with Crippen LogP contribution in [0.5, 0.6) is 0 Å². The molecule has 3 N–H and O–H groups in total. The molecule has 0 spiro atoms. The lowest BCUT2D eigenvalue weighted by Gasteiger charge is -1.79. The lowest BCUT2D eigenvalue weighted by molar-refractivity contribution is 1.08. The number of anilines is 1. The zero-order valence-corrected chi connectivity index (χ0v) is 5.94. The van der Waals surface area contributed by atoms with Crippen LogP contribution in [0.2, 0.25) is 0 Å². The molecule has 0 bridgehead atoms. The van der Waals surface area contributed by atoms with E-state index in [-0.39, 0.29) is 0 Å². The summed E-state index contributed by atoms with van der Waals surface area (Å²) in [5, 5.41) is 14.3. The molecule has 0 saturated carbocycles. The van der Waals surface area contributed by atoms with Gasteiger partial charge in [-0.1, -0.05) is 0 Å². The molecule has 46 valence electrons. The number of nitrogen functional groups attached to an aromatic ring is 1. The van der Waals surface area contributed by atoms with Crippen LogP contribution >= 0.6 is 15.9 Å². The Morgan fingerprint density at radius 1 is 1.78 bits per heavy atom. The van der Waals surface area contributed by atoms with Crippen LogP contribution in [0.15, 0.2) is 4.47 Å². The van der Waals surface area contributed by atoms with Crippen molar-refractivity contribution >= 4 is 21.7 Å². The molecule has 0 aromatic carbocycles. The van der Waals surface area contributed by atoms with E-state index in [2.05, 4.69) is 26.1 Å². The van der Waals surface area contributed by atoms with Crippen LogP contribution in [0, 0.1) is 11.3 Å². The van der Waals surface area contributed by atoms with Gasteiger partial charge in [0.25, 0.3) is 0 Å². The van der Waals surface area contributed by atoms with Gasteiger partial charge < -0.3 is 5.73 Å². The molecule has 5 heteroatoms. The van der Waals surface area contributed by atoms with E-state index in [1.54, 1.807) is 0 Å². The largest absolute Gasteiger partial charge is 0.381 e. The molecule has 0 aliphatic carbocycles. The first-order chi connectivity index (χ1) is 4.25. The molecule has 0 fully saturated rings. The topological polar surface area (TPSA) is 78.5 Å². The van der Waals surface area contributed by atoms with Gasteiger partial charge in [-0.2, -0.15) is 10.4 Å². The van der Waals surface area contributed by atoms with E-state index in [0.29, 0.717) is 16.0 Å². The van der Waals surface area contributed by atoms with Gasteiger partial charge >= 0.3 is 0 Å². The normalized spacial score (nSPS) is 8.89. The molecule has 0 atom stereocenters. The van der Waals surface area contributed by atoms with E-state index in [0.717, 1.165) is 0 Å². The van der Waals surface area contributed by atoms with Crippen LogP contribution in [0.4, 0.5) is 5.82 Å². The van der Waals surface area contributed by atoms with Crippen molar-refractivity contribution in [3.8, 4) is 6.07 Å². The first-order valence-electron chi connectivity index (χ1n) is 2.15. The Hall–Kier alpha value is -1.02. The first-order valence-corrected chi connectivity index (χ1v) is 2.94. The number of nitrogens with zero attached hydrogens (tertiary/aromatic N) is 2. The monoisotopic (exact) mass is 186 g/mol. The average Bonchev–Trinajstić information content (AvgIpc) is 2.15. The van der Waals surface area contributed by atoms with Crippen molar-refractivity contribution in [1.29, 1.82) is 5.26 Å². The Morgan fingerprint density at radius 3 is 2.67 bits per heavy atom. The zero-order chi connectivity index (χ0) is 6.85. The molecule has 4 nitrogen and oxygen atoms in total. The molecular formula is C4H3BrN4. The third kappa shape index (κ3) is 0.886. The Balaban J connectivity index is 3.24. The van der Waals surface area contributed by atoms with E-state index in [1.807, 2.05) is 6.07 Å². The predicted molar refractivity (Wildman–Crippen MR) is 35.4 cm³/mol. The molecule has 0 unspecified atom stereocenters. The number of aromatic amines is 1. The van der Waals surface area contributed by atoms with Crippen molar-refractivity contribution in [2.75, 3.05) is 5.73 Å². The fraction of sp³-hybridized carbons (Fsp3) is 0. The molecule has 1 heterocycles. The van der Waals surface area contributed by atoms with Gasteiger partial charge in [0.1, 0.15) is 6.07 Å². The van der Waals surface area contributed by atoms with E-state index in [9.17, 15) is 0 Å². The number of nitrogens with one attached hydrogen (secondary N) is 1. The van der Waals surface area contributed by atoms with Crippen molar-refractivity contribution in [2.24, 2.45) is 0 Å². The summed E-state index contributed by atoms with van der Waals surface area (Å²) in [6.45, 7) is 0.